The molecule has 0 spiro atoms. The molecule has 1 aliphatic rings. The van der Waals surface area contributed by atoms with Gasteiger partial charge in [0.25, 0.3) is 0 Å². The molecule has 1 atom stereocenters. The van der Waals surface area contributed by atoms with Gasteiger partial charge in [-0.25, -0.2) is 12.7 Å². The first kappa shape index (κ1) is 14.9. The highest BCUT2D eigenvalue weighted by Crippen LogP contribution is 2.21. The number of rotatable bonds is 6. The van der Waals surface area contributed by atoms with Crippen molar-refractivity contribution in [3.63, 3.8) is 0 Å². The van der Waals surface area contributed by atoms with Crippen molar-refractivity contribution in [1.82, 2.24) is 9.62 Å². The molecule has 0 saturated carbocycles. The quantitative estimate of drug-likeness (QED) is 0.788. The predicted octanol–water partition coefficient (Wildman–Crippen LogP) is 1.44. The molecule has 17 heavy (non-hydrogen) atoms. The largest absolute Gasteiger partial charge is 0.313 e. The number of sulfonamides is 1. The monoisotopic (exact) mass is 262 g/mol. The maximum Gasteiger partial charge on any atom is 0.215 e. The highest BCUT2D eigenvalue weighted by atomic mass is 32.2. The molecule has 5 heteroatoms. The third kappa shape index (κ3) is 4.94. The number of piperidine rings is 1. The Morgan fingerprint density at radius 2 is 2.12 bits per heavy atom. The van der Waals surface area contributed by atoms with E-state index in [1.807, 2.05) is 13.8 Å². The van der Waals surface area contributed by atoms with Gasteiger partial charge in [-0.1, -0.05) is 27.2 Å². The molecule has 0 aliphatic carbocycles. The molecule has 0 aromatic heterocycles. The van der Waals surface area contributed by atoms with Crippen LogP contribution >= 0.6 is 0 Å². The maximum absolute atomic E-state index is 12.1. The van der Waals surface area contributed by atoms with Gasteiger partial charge in [-0.2, -0.15) is 0 Å². The van der Waals surface area contributed by atoms with E-state index in [0.717, 1.165) is 19.4 Å². The van der Waals surface area contributed by atoms with Crippen molar-refractivity contribution in [2.45, 2.75) is 46.1 Å². The SMILES string of the molecule is CCC1CCCN(S(=O)(=O)CCNC(C)C)C1. The van der Waals surface area contributed by atoms with Crippen molar-refractivity contribution in [3.8, 4) is 0 Å². The van der Waals surface area contributed by atoms with E-state index < -0.39 is 10.0 Å². The van der Waals surface area contributed by atoms with Crippen molar-refractivity contribution in [1.29, 1.82) is 0 Å². The second-order valence-corrected chi connectivity index (χ2v) is 7.29. The molecule has 1 saturated heterocycles. The van der Waals surface area contributed by atoms with Crippen LogP contribution in [0.3, 0.4) is 0 Å². The normalized spacial score (nSPS) is 23.2. The van der Waals surface area contributed by atoms with E-state index in [0.29, 0.717) is 25.0 Å². The maximum atomic E-state index is 12.1. The number of nitrogens with one attached hydrogen (secondary N) is 1. The minimum Gasteiger partial charge on any atom is -0.313 e. The highest BCUT2D eigenvalue weighted by Gasteiger charge is 2.27. The second-order valence-electron chi connectivity index (χ2n) is 5.20. The molecule has 0 amide bonds. The summed E-state index contributed by atoms with van der Waals surface area (Å²) >= 11 is 0. The van der Waals surface area contributed by atoms with Gasteiger partial charge in [0.15, 0.2) is 0 Å². The Bertz CT molecular complexity index is 314. The van der Waals surface area contributed by atoms with E-state index in [-0.39, 0.29) is 5.75 Å². The summed E-state index contributed by atoms with van der Waals surface area (Å²) in [6.45, 7) is 8.18. The van der Waals surface area contributed by atoms with Gasteiger partial charge in [-0.3, -0.25) is 0 Å². The molecule has 102 valence electrons. The smallest absolute Gasteiger partial charge is 0.215 e. The van der Waals surface area contributed by atoms with Crippen LogP contribution in [0.2, 0.25) is 0 Å². The third-order valence-electron chi connectivity index (χ3n) is 3.37. The molecule has 1 fully saturated rings. The molecule has 1 heterocycles. The molecule has 0 aromatic rings. The zero-order chi connectivity index (χ0) is 12.9. The van der Waals surface area contributed by atoms with E-state index in [1.165, 1.54) is 6.42 Å². The summed E-state index contributed by atoms with van der Waals surface area (Å²) in [6.07, 6.45) is 3.26. The van der Waals surface area contributed by atoms with Crippen LogP contribution in [0.25, 0.3) is 0 Å². The van der Waals surface area contributed by atoms with Gasteiger partial charge in [-0.15, -0.1) is 0 Å². The summed E-state index contributed by atoms with van der Waals surface area (Å²) < 4.78 is 25.9. The number of hydrogen-bond donors (Lipinski definition) is 1. The number of nitrogens with zero attached hydrogens (tertiary/aromatic N) is 1. The van der Waals surface area contributed by atoms with Crippen molar-refractivity contribution >= 4 is 10.0 Å². The lowest BCUT2D eigenvalue weighted by atomic mass is 9.97. The lowest BCUT2D eigenvalue weighted by Crippen LogP contribution is -2.43. The Morgan fingerprint density at radius 3 is 2.71 bits per heavy atom. The standard InChI is InChI=1S/C12H26N2O2S/c1-4-12-6-5-8-14(10-12)17(15,16)9-7-13-11(2)3/h11-13H,4-10H2,1-3H3. The molecule has 4 nitrogen and oxygen atoms in total. The third-order valence-corrected chi connectivity index (χ3v) is 5.20. The lowest BCUT2D eigenvalue weighted by molar-refractivity contribution is 0.261. The van der Waals surface area contributed by atoms with Crippen LogP contribution in [-0.4, -0.2) is 44.2 Å². The summed E-state index contributed by atoms with van der Waals surface area (Å²) in [7, 11) is -3.05. The average Bonchev–Trinajstić information content (AvgIpc) is 2.28. The van der Waals surface area contributed by atoms with Crippen LogP contribution < -0.4 is 5.32 Å². The Hall–Kier alpha value is -0.130. The topological polar surface area (TPSA) is 49.4 Å². The minimum atomic E-state index is -3.05. The molecule has 0 bridgehead atoms. The predicted molar refractivity (Wildman–Crippen MR) is 71.5 cm³/mol. The van der Waals surface area contributed by atoms with Gasteiger partial charge in [-0.05, 0) is 18.8 Å². The highest BCUT2D eigenvalue weighted by molar-refractivity contribution is 7.89. The van der Waals surface area contributed by atoms with Gasteiger partial charge in [0, 0.05) is 25.7 Å². The molecule has 1 aliphatic heterocycles. The zero-order valence-electron chi connectivity index (χ0n) is 11.3. The van der Waals surface area contributed by atoms with Gasteiger partial charge in [0.1, 0.15) is 0 Å². The van der Waals surface area contributed by atoms with Crippen LogP contribution in [0.4, 0.5) is 0 Å². The van der Waals surface area contributed by atoms with Gasteiger partial charge < -0.3 is 5.32 Å². The molecule has 0 aromatic carbocycles. The summed E-state index contributed by atoms with van der Waals surface area (Å²) in [6, 6.07) is 0.343. The fraction of sp³-hybridized carbons (Fsp3) is 1.00. The van der Waals surface area contributed by atoms with Crippen molar-refractivity contribution in [3.05, 3.63) is 0 Å². The van der Waals surface area contributed by atoms with Crippen molar-refractivity contribution in [2.75, 3.05) is 25.4 Å². The Balaban J connectivity index is 2.46. The Morgan fingerprint density at radius 1 is 1.41 bits per heavy atom. The fourth-order valence-electron chi connectivity index (χ4n) is 2.22. The van der Waals surface area contributed by atoms with Gasteiger partial charge >= 0.3 is 0 Å². The first-order chi connectivity index (χ1) is 7.95. The lowest BCUT2D eigenvalue weighted by Gasteiger charge is -2.31. The van der Waals surface area contributed by atoms with Crippen LogP contribution in [0.1, 0.15) is 40.0 Å². The van der Waals surface area contributed by atoms with Gasteiger partial charge in [0.2, 0.25) is 10.0 Å². The molecule has 1 N–H and O–H groups in total. The van der Waals surface area contributed by atoms with Crippen molar-refractivity contribution in [2.24, 2.45) is 5.92 Å². The first-order valence-corrected chi connectivity index (χ1v) is 8.27. The second kappa shape index (κ2) is 6.71. The minimum absolute atomic E-state index is 0.224. The average molecular weight is 262 g/mol. The van der Waals surface area contributed by atoms with Crippen LogP contribution in [0.15, 0.2) is 0 Å². The summed E-state index contributed by atoms with van der Waals surface area (Å²) in [5.41, 5.74) is 0. The van der Waals surface area contributed by atoms with E-state index in [1.54, 1.807) is 4.31 Å². The number of hydrogen-bond acceptors (Lipinski definition) is 3. The summed E-state index contributed by atoms with van der Waals surface area (Å²) in [4.78, 5) is 0. The summed E-state index contributed by atoms with van der Waals surface area (Å²) in [5.74, 6) is 0.776. The van der Waals surface area contributed by atoms with E-state index in [2.05, 4.69) is 12.2 Å². The molecular weight excluding hydrogens is 236 g/mol. The Kier molecular flexibility index (Phi) is 5.89. The van der Waals surface area contributed by atoms with Crippen molar-refractivity contribution < 1.29 is 8.42 Å². The van der Waals surface area contributed by atoms with Crippen LogP contribution in [0, 0.1) is 5.92 Å². The molecular formula is C12H26N2O2S. The van der Waals surface area contributed by atoms with E-state index >= 15 is 0 Å². The van der Waals surface area contributed by atoms with Crippen LogP contribution in [0.5, 0.6) is 0 Å². The Labute approximate surface area is 106 Å². The van der Waals surface area contributed by atoms with E-state index in [9.17, 15) is 8.42 Å². The fourth-order valence-corrected chi connectivity index (χ4v) is 3.70. The summed E-state index contributed by atoms with van der Waals surface area (Å²) in [5, 5.41) is 3.16. The molecule has 1 rings (SSSR count). The van der Waals surface area contributed by atoms with Crippen LogP contribution in [-0.2, 0) is 10.0 Å². The van der Waals surface area contributed by atoms with E-state index in [4.69, 9.17) is 0 Å². The molecule has 0 radical (unpaired) electrons. The first-order valence-electron chi connectivity index (χ1n) is 6.67. The zero-order valence-corrected chi connectivity index (χ0v) is 12.1. The van der Waals surface area contributed by atoms with Gasteiger partial charge in [0.05, 0.1) is 5.75 Å². The molecule has 1 unspecified atom stereocenters.